The zero-order chi connectivity index (χ0) is 25.4. The molecule has 0 radical (unpaired) electrons. The van der Waals surface area contributed by atoms with Crippen molar-refractivity contribution in [2.75, 3.05) is 6.26 Å². The topological polar surface area (TPSA) is 86.1 Å². The van der Waals surface area contributed by atoms with Gasteiger partial charge in [-0.3, -0.25) is 9.59 Å². The molecular formula is C27H19FN2O4S2. The van der Waals surface area contributed by atoms with Crippen LogP contribution in [0, 0.1) is 5.82 Å². The van der Waals surface area contributed by atoms with Crippen LogP contribution in [0.3, 0.4) is 0 Å². The number of fused-ring (bicyclic) bond motifs is 1. The van der Waals surface area contributed by atoms with E-state index >= 15 is 0 Å². The van der Waals surface area contributed by atoms with E-state index in [-0.39, 0.29) is 28.4 Å². The third-order valence-electron chi connectivity index (χ3n) is 5.86. The molecule has 0 aliphatic rings. The zero-order valence-corrected chi connectivity index (χ0v) is 20.6. The standard InChI is InChI=1S/C27H19FN2O4S2/c1-36(33,34)18-12-10-17(11-13-18)21-14-29-30(27(32)26(21)20-7-2-4-8-23(20)28)15-24(31)22-16-35-25-9-5-3-6-19(22)25/h2-14,16H,15H2,1H3. The Bertz CT molecular complexity index is 1790. The monoisotopic (exact) mass is 518 g/mol. The van der Waals surface area contributed by atoms with Crippen molar-refractivity contribution >= 4 is 37.0 Å². The molecule has 0 aliphatic heterocycles. The second kappa shape index (κ2) is 9.25. The minimum atomic E-state index is -3.41. The van der Waals surface area contributed by atoms with Gasteiger partial charge in [-0.2, -0.15) is 5.10 Å². The Hall–Kier alpha value is -3.95. The molecule has 0 N–H and O–H groups in total. The molecular weight excluding hydrogens is 499 g/mol. The second-order valence-electron chi connectivity index (χ2n) is 8.24. The molecule has 180 valence electrons. The number of carbonyl (C=O) groups is 1. The highest BCUT2D eigenvalue weighted by atomic mass is 32.2. The van der Waals surface area contributed by atoms with Crippen molar-refractivity contribution in [1.82, 2.24) is 9.78 Å². The number of ketones is 1. The van der Waals surface area contributed by atoms with E-state index in [0.717, 1.165) is 21.0 Å². The van der Waals surface area contributed by atoms with Crippen molar-refractivity contribution in [1.29, 1.82) is 0 Å². The van der Waals surface area contributed by atoms with E-state index in [0.29, 0.717) is 16.7 Å². The summed E-state index contributed by atoms with van der Waals surface area (Å²) in [6.07, 6.45) is 2.50. The fourth-order valence-electron chi connectivity index (χ4n) is 4.04. The number of hydrogen-bond acceptors (Lipinski definition) is 6. The highest BCUT2D eigenvalue weighted by molar-refractivity contribution is 7.90. The summed E-state index contributed by atoms with van der Waals surface area (Å²) in [5, 5.41) is 6.78. The highest BCUT2D eigenvalue weighted by Gasteiger charge is 2.21. The average molecular weight is 519 g/mol. The average Bonchev–Trinajstić information content (AvgIpc) is 3.30. The minimum Gasteiger partial charge on any atom is -0.292 e. The summed E-state index contributed by atoms with van der Waals surface area (Å²) in [6.45, 7) is -0.311. The van der Waals surface area contributed by atoms with Crippen LogP contribution in [-0.2, 0) is 16.4 Å². The summed E-state index contributed by atoms with van der Waals surface area (Å²) >= 11 is 1.44. The number of benzene rings is 3. The Morgan fingerprint density at radius 1 is 0.972 bits per heavy atom. The molecule has 5 aromatic rings. The lowest BCUT2D eigenvalue weighted by Crippen LogP contribution is -2.28. The molecule has 5 rings (SSSR count). The number of rotatable bonds is 6. The maximum Gasteiger partial charge on any atom is 0.275 e. The van der Waals surface area contributed by atoms with Gasteiger partial charge in [0.25, 0.3) is 5.56 Å². The van der Waals surface area contributed by atoms with Gasteiger partial charge in [0.2, 0.25) is 0 Å². The van der Waals surface area contributed by atoms with Crippen LogP contribution in [0.2, 0.25) is 0 Å². The first-order valence-corrected chi connectivity index (χ1v) is 13.7. The number of thiophene rings is 1. The number of hydrogen-bond donors (Lipinski definition) is 0. The van der Waals surface area contributed by atoms with Crippen molar-refractivity contribution < 1.29 is 17.6 Å². The summed E-state index contributed by atoms with van der Waals surface area (Å²) in [5.74, 6) is -0.886. The molecule has 0 fully saturated rings. The molecule has 0 atom stereocenters. The van der Waals surface area contributed by atoms with Gasteiger partial charge in [-0.25, -0.2) is 17.5 Å². The van der Waals surface area contributed by atoms with Crippen LogP contribution < -0.4 is 5.56 Å². The van der Waals surface area contributed by atoms with Gasteiger partial charge in [0, 0.05) is 38.4 Å². The first kappa shape index (κ1) is 23.8. The van der Waals surface area contributed by atoms with Crippen molar-refractivity contribution in [3.05, 3.63) is 106 Å². The van der Waals surface area contributed by atoms with Crippen molar-refractivity contribution in [2.45, 2.75) is 11.4 Å². The molecule has 0 saturated carbocycles. The van der Waals surface area contributed by atoms with Crippen LogP contribution in [0.5, 0.6) is 0 Å². The quantitative estimate of drug-likeness (QED) is 0.288. The zero-order valence-electron chi connectivity index (χ0n) is 19.0. The maximum absolute atomic E-state index is 14.9. The molecule has 0 bridgehead atoms. The molecule has 36 heavy (non-hydrogen) atoms. The van der Waals surface area contributed by atoms with Crippen molar-refractivity contribution in [3.8, 4) is 22.3 Å². The van der Waals surface area contributed by atoms with Crippen LogP contribution in [0.25, 0.3) is 32.3 Å². The fraction of sp³-hybridized carbons (Fsp3) is 0.0741. The number of carbonyl (C=O) groups excluding carboxylic acids is 1. The molecule has 3 aromatic carbocycles. The smallest absolute Gasteiger partial charge is 0.275 e. The lowest BCUT2D eigenvalue weighted by Gasteiger charge is -2.13. The van der Waals surface area contributed by atoms with Gasteiger partial charge in [0.05, 0.1) is 16.7 Å². The Balaban J connectivity index is 1.62. The normalized spacial score (nSPS) is 11.6. The number of sulfone groups is 1. The molecule has 2 aromatic heterocycles. The number of halogens is 1. The largest absolute Gasteiger partial charge is 0.292 e. The van der Waals surface area contributed by atoms with E-state index in [1.165, 1.54) is 47.9 Å². The Kier molecular flexibility index (Phi) is 6.11. The van der Waals surface area contributed by atoms with Gasteiger partial charge in [0.15, 0.2) is 15.6 Å². The van der Waals surface area contributed by atoms with Gasteiger partial charge in [-0.15, -0.1) is 11.3 Å². The van der Waals surface area contributed by atoms with Gasteiger partial charge in [0.1, 0.15) is 12.4 Å². The highest BCUT2D eigenvalue weighted by Crippen LogP contribution is 2.31. The van der Waals surface area contributed by atoms with E-state index in [4.69, 9.17) is 0 Å². The summed E-state index contributed by atoms with van der Waals surface area (Å²) in [5.41, 5.74) is 0.796. The predicted molar refractivity (Wildman–Crippen MR) is 139 cm³/mol. The van der Waals surface area contributed by atoms with Crippen LogP contribution in [0.1, 0.15) is 10.4 Å². The number of nitrogens with zero attached hydrogens (tertiary/aromatic N) is 2. The summed E-state index contributed by atoms with van der Waals surface area (Å²) < 4.78 is 40.5. The van der Waals surface area contributed by atoms with Crippen LogP contribution in [0.15, 0.2) is 94.1 Å². The third kappa shape index (κ3) is 4.38. The van der Waals surface area contributed by atoms with Gasteiger partial charge >= 0.3 is 0 Å². The van der Waals surface area contributed by atoms with E-state index in [1.54, 1.807) is 23.6 Å². The summed E-state index contributed by atoms with van der Waals surface area (Å²) in [7, 11) is -3.41. The predicted octanol–water partition coefficient (Wildman–Crippen LogP) is 5.22. The lowest BCUT2D eigenvalue weighted by molar-refractivity contribution is 0.0967. The molecule has 2 heterocycles. The maximum atomic E-state index is 14.9. The summed E-state index contributed by atoms with van der Waals surface area (Å²) in [6, 6.07) is 19.3. The van der Waals surface area contributed by atoms with Crippen molar-refractivity contribution in [3.63, 3.8) is 0 Å². The lowest BCUT2D eigenvalue weighted by atomic mass is 9.97. The molecule has 0 saturated heterocycles. The molecule has 6 nitrogen and oxygen atoms in total. The summed E-state index contributed by atoms with van der Waals surface area (Å²) in [4.78, 5) is 26.8. The first-order valence-electron chi connectivity index (χ1n) is 10.9. The molecule has 0 unspecified atom stereocenters. The Morgan fingerprint density at radius 2 is 1.67 bits per heavy atom. The SMILES string of the molecule is CS(=O)(=O)c1ccc(-c2cnn(CC(=O)c3csc4ccccc34)c(=O)c2-c2ccccc2F)cc1. The molecule has 0 amide bonds. The van der Waals surface area contributed by atoms with Crippen molar-refractivity contribution in [2.24, 2.45) is 0 Å². The van der Waals surface area contributed by atoms with E-state index in [1.807, 2.05) is 24.3 Å². The molecule has 0 aliphatic carbocycles. The Morgan fingerprint density at radius 3 is 2.39 bits per heavy atom. The Labute approximate surface area is 210 Å². The van der Waals surface area contributed by atoms with Gasteiger partial charge in [-0.1, -0.05) is 48.5 Å². The molecule has 0 spiro atoms. The molecule has 9 heteroatoms. The third-order valence-corrected chi connectivity index (χ3v) is 7.95. The van der Waals surface area contributed by atoms with E-state index in [9.17, 15) is 22.4 Å². The van der Waals surface area contributed by atoms with Crippen LogP contribution >= 0.6 is 11.3 Å². The number of aromatic nitrogens is 2. The minimum absolute atomic E-state index is 0.0400. The fourth-order valence-corrected chi connectivity index (χ4v) is 5.64. The van der Waals surface area contributed by atoms with E-state index < -0.39 is 21.2 Å². The van der Waals surface area contributed by atoms with Crippen LogP contribution in [0.4, 0.5) is 4.39 Å². The first-order chi connectivity index (χ1) is 17.2. The van der Waals surface area contributed by atoms with Gasteiger partial charge < -0.3 is 0 Å². The van der Waals surface area contributed by atoms with Gasteiger partial charge in [-0.05, 0) is 29.8 Å². The van der Waals surface area contributed by atoms with Crippen LogP contribution in [-0.4, -0.2) is 30.2 Å². The second-order valence-corrected chi connectivity index (χ2v) is 11.2. The number of Topliss-reactive ketones (excluding diaryl/α,β-unsaturated/α-hetero) is 1. The van der Waals surface area contributed by atoms with E-state index in [2.05, 4.69) is 5.10 Å².